The van der Waals surface area contributed by atoms with Crippen LogP contribution in [0.4, 0.5) is 0 Å². The molecule has 21 heavy (non-hydrogen) atoms. The first-order valence-electron chi connectivity index (χ1n) is 6.38. The number of carboxylic acid groups (broad SMARTS) is 1. The molecule has 0 saturated carbocycles. The Hall–Kier alpha value is -1.73. The SMILES string of the molecule is CNC(C)C(=N)CSc1ccc(OCC(=O)O)c(OC)c1. The number of thioether (sulfide) groups is 1. The topological polar surface area (TPSA) is 91.6 Å². The van der Waals surface area contributed by atoms with Crippen molar-refractivity contribution in [1.82, 2.24) is 5.32 Å². The smallest absolute Gasteiger partial charge is 0.341 e. The Morgan fingerprint density at radius 2 is 2.19 bits per heavy atom. The number of methoxy groups -OCH3 is 1. The first-order chi connectivity index (χ1) is 9.97. The van der Waals surface area contributed by atoms with E-state index in [0.29, 0.717) is 23.0 Å². The van der Waals surface area contributed by atoms with E-state index >= 15 is 0 Å². The molecule has 0 aliphatic heterocycles. The molecule has 1 unspecified atom stereocenters. The second-order valence-electron chi connectivity index (χ2n) is 4.32. The van der Waals surface area contributed by atoms with E-state index in [1.54, 1.807) is 12.1 Å². The minimum Gasteiger partial charge on any atom is -0.493 e. The van der Waals surface area contributed by atoms with E-state index in [2.05, 4.69) is 5.32 Å². The number of rotatable bonds is 9. The molecule has 0 fully saturated rings. The molecular weight excluding hydrogens is 292 g/mol. The number of carbonyl (C=O) groups is 1. The Kier molecular flexibility index (Phi) is 7.04. The lowest BCUT2D eigenvalue weighted by Crippen LogP contribution is -2.31. The summed E-state index contributed by atoms with van der Waals surface area (Å²) in [6.07, 6.45) is 0. The first kappa shape index (κ1) is 17.3. The van der Waals surface area contributed by atoms with Gasteiger partial charge >= 0.3 is 5.97 Å². The van der Waals surface area contributed by atoms with E-state index in [4.69, 9.17) is 20.0 Å². The van der Waals surface area contributed by atoms with Crippen molar-refractivity contribution in [2.75, 3.05) is 26.5 Å². The summed E-state index contributed by atoms with van der Waals surface area (Å²) in [5, 5.41) is 19.5. The Bertz CT molecular complexity index is 508. The summed E-state index contributed by atoms with van der Waals surface area (Å²) < 4.78 is 10.3. The van der Waals surface area contributed by atoms with Gasteiger partial charge in [0.05, 0.1) is 7.11 Å². The fourth-order valence-electron chi connectivity index (χ4n) is 1.46. The molecule has 3 N–H and O–H groups in total. The number of nitrogens with one attached hydrogen (secondary N) is 2. The Balaban J connectivity index is 2.69. The molecule has 0 aromatic heterocycles. The highest BCUT2D eigenvalue weighted by molar-refractivity contribution is 8.00. The van der Waals surface area contributed by atoms with E-state index in [0.717, 1.165) is 4.90 Å². The highest BCUT2D eigenvalue weighted by Gasteiger charge is 2.10. The van der Waals surface area contributed by atoms with Crippen molar-refractivity contribution >= 4 is 23.4 Å². The largest absolute Gasteiger partial charge is 0.493 e. The Labute approximate surface area is 128 Å². The van der Waals surface area contributed by atoms with Crippen molar-refractivity contribution < 1.29 is 19.4 Å². The van der Waals surface area contributed by atoms with E-state index in [1.165, 1.54) is 18.9 Å². The van der Waals surface area contributed by atoms with Crippen molar-refractivity contribution in [3.8, 4) is 11.5 Å². The fourth-order valence-corrected chi connectivity index (χ4v) is 2.38. The van der Waals surface area contributed by atoms with Crippen LogP contribution in [0, 0.1) is 5.41 Å². The lowest BCUT2D eigenvalue weighted by atomic mass is 10.2. The Morgan fingerprint density at radius 3 is 2.76 bits per heavy atom. The van der Waals surface area contributed by atoms with Crippen LogP contribution in [0.1, 0.15) is 6.92 Å². The van der Waals surface area contributed by atoms with Gasteiger partial charge in [0.15, 0.2) is 18.1 Å². The van der Waals surface area contributed by atoms with E-state index in [-0.39, 0.29) is 6.04 Å². The third kappa shape index (κ3) is 5.65. The van der Waals surface area contributed by atoms with Gasteiger partial charge in [-0.2, -0.15) is 0 Å². The highest BCUT2D eigenvalue weighted by atomic mass is 32.2. The Morgan fingerprint density at radius 1 is 1.48 bits per heavy atom. The van der Waals surface area contributed by atoms with Gasteiger partial charge in [0.25, 0.3) is 0 Å². The molecule has 1 atom stereocenters. The zero-order chi connectivity index (χ0) is 15.8. The predicted octanol–water partition coefficient (Wildman–Crippen LogP) is 1.88. The van der Waals surface area contributed by atoms with Crippen molar-refractivity contribution in [2.45, 2.75) is 17.9 Å². The average molecular weight is 312 g/mol. The van der Waals surface area contributed by atoms with Gasteiger partial charge in [-0.3, -0.25) is 0 Å². The van der Waals surface area contributed by atoms with Gasteiger partial charge in [-0.05, 0) is 32.2 Å². The summed E-state index contributed by atoms with van der Waals surface area (Å²) in [7, 11) is 3.32. The summed E-state index contributed by atoms with van der Waals surface area (Å²) in [6, 6.07) is 5.31. The molecule has 0 bridgehead atoms. The molecule has 0 aliphatic rings. The zero-order valence-electron chi connectivity index (χ0n) is 12.3. The normalized spacial score (nSPS) is 11.8. The maximum atomic E-state index is 10.5. The summed E-state index contributed by atoms with van der Waals surface area (Å²) in [5.74, 6) is 0.405. The van der Waals surface area contributed by atoms with Crippen molar-refractivity contribution in [1.29, 1.82) is 5.41 Å². The van der Waals surface area contributed by atoms with Gasteiger partial charge in [-0.25, -0.2) is 4.79 Å². The molecule has 1 aromatic carbocycles. The van der Waals surface area contributed by atoms with E-state index in [9.17, 15) is 4.79 Å². The minimum absolute atomic E-state index is 0.0394. The summed E-state index contributed by atoms with van der Waals surface area (Å²) >= 11 is 1.52. The summed E-state index contributed by atoms with van der Waals surface area (Å²) in [6.45, 7) is 1.53. The molecule has 0 spiro atoms. The molecule has 1 aromatic rings. The third-order valence-corrected chi connectivity index (χ3v) is 3.88. The van der Waals surface area contributed by atoms with Gasteiger partial charge in [0.2, 0.25) is 0 Å². The summed E-state index contributed by atoms with van der Waals surface area (Å²) in [5.41, 5.74) is 0.604. The molecule has 116 valence electrons. The molecule has 0 radical (unpaired) electrons. The van der Waals surface area contributed by atoms with Crippen LogP contribution in [0.3, 0.4) is 0 Å². The van der Waals surface area contributed by atoms with Crippen LogP contribution in [0.5, 0.6) is 11.5 Å². The van der Waals surface area contributed by atoms with Gasteiger partial charge in [-0.1, -0.05) is 0 Å². The highest BCUT2D eigenvalue weighted by Crippen LogP contribution is 2.32. The number of carboxylic acids is 1. The number of ether oxygens (including phenoxy) is 2. The molecule has 0 saturated heterocycles. The maximum absolute atomic E-state index is 10.5. The third-order valence-electron chi connectivity index (χ3n) is 2.84. The van der Waals surface area contributed by atoms with Crippen molar-refractivity contribution in [3.63, 3.8) is 0 Å². The lowest BCUT2D eigenvalue weighted by Gasteiger charge is -2.13. The van der Waals surface area contributed by atoms with Crippen LogP contribution in [0.15, 0.2) is 23.1 Å². The number of hydrogen-bond acceptors (Lipinski definition) is 6. The van der Waals surface area contributed by atoms with Gasteiger partial charge in [0, 0.05) is 22.4 Å². The molecule has 7 heteroatoms. The van der Waals surface area contributed by atoms with Crippen LogP contribution in [0.2, 0.25) is 0 Å². The first-order valence-corrected chi connectivity index (χ1v) is 7.36. The van der Waals surface area contributed by atoms with Gasteiger partial charge in [0.1, 0.15) is 0 Å². The number of benzene rings is 1. The fraction of sp³-hybridized carbons (Fsp3) is 0.429. The van der Waals surface area contributed by atoms with Crippen LogP contribution in [0.25, 0.3) is 0 Å². The number of hydrogen-bond donors (Lipinski definition) is 3. The van der Waals surface area contributed by atoms with Gasteiger partial charge in [-0.15, -0.1) is 11.8 Å². The number of aliphatic carboxylic acids is 1. The molecule has 0 amide bonds. The standard InChI is InChI=1S/C14H20N2O4S/c1-9(16-2)11(15)8-21-10-4-5-12(13(6-10)19-3)20-7-14(17)18/h4-6,9,15-16H,7-8H2,1-3H3,(H,17,18). The van der Waals surface area contributed by atoms with Crippen LogP contribution < -0.4 is 14.8 Å². The van der Waals surface area contributed by atoms with Gasteiger partial charge < -0.3 is 25.3 Å². The molecule has 1 rings (SSSR count). The second kappa shape index (κ2) is 8.53. The molecule has 0 aliphatic carbocycles. The minimum atomic E-state index is -1.04. The summed E-state index contributed by atoms with van der Waals surface area (Å²) in [4.78, 5) is 11.4. The average Bonchev–Trinajstić information content (AvgIpc) is 2.49. The predicted molar refractivity (Wildman–Crippen MR) is 83.1 cm³/mol. The monoisotopic (exact) mass is 312 g/mol. The van der Waals surface area contributed by atoms with Crippen molar-refractivity contribution in [3.05, 3.63) is 18.2 Å². The molecule has 0 heterocycles. The molecule has 6 nitrogen and oxygen atoms in total. The van der Waals surface area contributed by atoms with E-state index in [1.807, 2.05) is 20.0 Å². The van der Waals surface area contributed by atoms with Crippen LogP contribution in [-0.2, 0) is 4.79 Å². The quantitative estimate of drug-likeness (QED) is 0.476. The van der Waals surface area contributed by atoms with Crippen LogP contribution in [-0.4, -0.2) is 49.3 Å². The molecular formula is C14H20N2O4S. The van der Waals surface area contributed by atoms with E-state index < -0.39 is 12.6 Å². The zero-order valence-corrected chi connectivity index (χ0v) is 13.1. The van der Waals surface area contributed by atoms with Crippen LogP contribution >= 0.6 is 11.8 Å². The lowest BCUT2D eigenvalue weighted by molar-refractivity contribution is -0.139. The maximum Gasteiger partial charge on any atom is 0.341 e. The second-order valence-corrected chi connectivity index (χ2v) is 5.37. The van der Waals surface area contributed by atoms with Crippen molar-refractivity contribution in [2.24, 2.45) is 0 Å².